The van der Waals surface area contributed by atoms with Crippen LogP contribution in [0.2, 0.25) is 0 Å². The fourth-order valence-electron chi connectivity index (χ4n) is 2.64. The molecule has 0 radical (unpaired) electrons. The Bertz CT molecular complexity index is 772. The number of aromatic amines is 1. The van der Waals surface area contributed by atoms with Crippen molar-refractivity contribution in [2.75, 3.05) is 5.73 Å². The zero-order chi connectivity index (χ0) is 14.8. The minimum atomic E-state index is 0.542. The Balaban J connectivity index is 1.90. The minimum Gasteiger partial charge on any atom is -0.382 e. The molecule has 0 amide bonds. The lowest BCUT2D eigenvalue weighted by Crippen LogP contribution is -1.94. The van der Waals surface area contributed by atoms with Crippen LogP contribution in [0, 0.1) is 13.8 Å². The maximum Gasteiger partial charge on any atom is 0.153 e. The first-order valence-corrected chi connectivity index (χ1v) is 7.08. The topological polar surface area (TPSA) is 54.7 Å². The van der Waals surface area contributed by atoms with Crippen LogP contribution in [0.25, 0.3) is 11.1 Å². The molecule has 3 nitrogen and oxygen atoms in total. The molecule has 0 saturated carbocycles. The van der Waals surface area contributed by atoms with E-state index >= 15 is 0 Å². The Morgan fingerprint density at radius 2 is 1.95 bits per heavy atom. The Hall–Kier alpha value is -2.55. The van der Waals surface area contributed by atoms with E-state index in [2.05, 4.69) is 66.5 Å². The van der Waals surface area contributed by atoms with Gasteiger partial charge in [0.05, 0.1) is 0 Å². The molecular formula is C18H19N3. The van der Waals surface area contributed by atoms with E-state index in [9.17, 15) is 0 Å². The predicted molar refractivity (Wildman–Crippen MR) is 87.2 cm³/mol. The molecule has 0 aliphatic heterocycles. The highest BCUT2D eigenvalue weighted by Gasteiger charge is 2.07. The summed E-state index contributed by atoms with van der Waals surface area (Å²) in [6.07, 6.45) is 2.79. The Labute approximate surface area is 124 Å². The van der Waals surface area contributed by atoms with Gasteiger partial charge in [-0.3, -0.25) is 5.10 Å². The lowest BCUT2D eigenvalue weighted by Gasteiger charge is -2.09. The molecule has 0 aliphatic carbocycles. The first-order valence-electron chi connectivity index (χ1n) is 7.08. The molecule has 3 heteroatoms. The molecule has 3 N–H and O–H groups in total. The second-order valence-corrected chi connectivity index (χ2v) is 5.49. The summed E-state index contributed by atoms with van der Waals surface area (Å²) in [5, 5.41) is 6.78. The lowest BCUT2D eigenvalue weighted by atomic mass is 9.96. The lowest BCUT2D eigenvalue weighted by molar-refractivity contribution is 1.10. The largest absolute Gasteiger partial charge is 0.382 e. The smallest absolute Gasteiger partial charge is 0.153 e. The number of aromatic nitrogens is 2. The fraction of sp³-hybridized carbons (Fsp3) is 0.167. The van der Waals surface area contributed by atoms with E-state index in [0.29, 0.717) is 5.82 Å². The highest BCUT2D eigenvalue weighted by molar-refractivity contribution is 5.73. The SMILES string of the molecule is Cc1cccc(Cc2ccc(-c3c[nH]nc3N)cc2C)c1. The summed E-state index contributed by atoms with van der Waals surface area (Å²) in [7, 11) is 0. The van der Waals surface area contributed by atoms with E-state index in [1.165, 1.54) is 22.3 Å². The van der Waals surface area contributed by atoms with Gasteiger partial charge in [0, 0.05) is 11.8 Å². The molecule has 0 fully saturated rings. The molecule has 0 aliphatic rings. The summed E-state index contributed by atoms with van der Waals surface area (Å²) in [6.45, 7) is 4.27. The molecule has 0 unspecified atom stereocenters. The molecule has 0 spiro atoms. The van der Waals surface area contributed by atoms with Gasteiger partial charge in [0.25, 0.3) is 0 Å². The van der Waals surface area contributed by atoms with Gasteiger partial charge in [0.1, 0.15) is 0 Å². The van der Waals surface area contributed by atoms with Gasteiger partial charge in [-0.05, 0) is 42.5 Å². The summed E-state index contributed by atoms with van der Waals surface area (Å²) < 4.78 is 0. The van der Waals surface area contributed by atoms with Crippen LogP contribution in [0.1, 0.15) is 22.3 Å². The number of H-pyrrole nitrogens is 1. The summed E-state index contributed by atoms with van der Waals surface area (Å²) >= 11 is 0. The van der Waals surface area contributed by atoms with Crippen LogP contribution in [-0.2, 0) is 6.42 Å². The molecule has 106 valence electrons. The van der Waals surface area contributed by atoms with Crippen LogP contribution in [0.5, 0.6) is 0 Å². The van der Waals surface area contributed by atoms with E-state index in [-0.39, 0.29) is 0 Å². The number of hydrogen-bond acceptors (Lipinski definition) is 2. The van der Waals surface area contributed by atoms with Crippen molar-refractivity contribution in [3.8, 4) is 11.1 Å². The maximum atomic E-state index is 5.86. The molecule has 3 rings (SSSR count). The molecule has 2 aromatic carbocycles. The summed E-state index contributed by atoms with van der Waals surface area (Å²) in [4.78, 5) is 0. The Morgan fingerprint density at radius 1 is 1.10 bits per heavy atom. The van der Waals surface area contributed by atoms with Gasteiger partial charge in [0.2, 0.25) is 0 Å². The van der Waals surface area contributed by atoms with Crippen LogP contribution in [-0.4, -0.2) is 10.2 Å². The average molecular weight is 277 g/mol. The van der Waals surface area contributed by atoms with Gasteiger partial charge in [-0.25, -0.2) is 0 Å². The number of anilines is 1. The fourth-order valence-corrected chi connectivity index (χ4v) is 2.64. The molecule has 0 bridgehead atoms. The third-order valence-corrected chi connectivity index (χ3v) is 3.80. The van der Waals surface area contributed by atoms with Crippen molar-refractivity contribution in [2.45, 2.75) is 20.3 Å². The number of benzene rings is 2. The summed E-state index contributed by atoms with van der Waals surface area (Å²) in [5.74, 6) is 0.542. The second kappa shape index (κ2) is 5.44. The first kappa shape index (κ1) is 13.4. The number of nitrogens with one attached hydrogen (secondary N) is 1. The van der Waals surface area contributed by atoms with Crippen molar-refractivity contribution < 1.29 is 0 Å². The van der Waals surface area contributed by atoms with Gasteiger partial charge in [-0.2, -0.15) is 5.10 Å². The third kappa shape index (κ3) is 2.82. The van der Waals surface area contributed by atoms with Gasteiger partial charge in [-0.15, -0.1) is 0 Å². The van der Waals surface area contributed by atoms with E-state index < -0.39 is 0 Å². The Kier molecular flexibility index (Phi) is 3.48. The number of hydrogen-bond donors (Lipinski definition) is 2. The molecule has 0 saturated heterocycles. The van der Waals surface area contributed by atoms with Gasteiger partial charge >= 0.3 is 0 Å². The monoisotopic (exact) mass is 277 g/mol. The van der Waals surface area contributed by atoms with Gasteiger partial charge in [0.15, 0.2) is 5.82 Å². The van der Waals surface area contributed by atoms with Crippen LogP contribution in [0.4, 0.5) is 5.82 Å². The van der Waals surface area contributed by atoms with Crippen molar-refractivity contribution in [2.24, 2.45) is 0 Å². The van der Waals surface area contributed by atoms with Crippen LogP contribution < -0.4 is 5.73 Å². The number of rotatable bonds is 3. The van der Waals surface area contributed by atoms with Crippen molar-refractivity contribution in [3.05, 3.63) is 70.9 Å². The van der Waals surface area contributed by atoms with E-state index in [1.54, 1.807) is 0 Å². The molecule has 1 aromatic heterocycles. The number of nitrogens with two attached hydrogens (primary N) is 1. The average Bonchev–Trinajstić information content (AvgIpc) is 2.87. The summed E-state index contributed by atoms with van der Waals surface area (Å²) in [6, 6.07) is 15.1. The molecule has 1 heterocycles. The zero-order valence-corrected chi connectivity index (χ0v) is 12.4. The standard InChI is InChI=1S/C18H19N3/c1-12-4-3-5-14(8-12)10-15-6-7-16(9-13(15)2)17-11-20-21-18(17)19/h3-9,11H,10H2,1-2H3,(H3,19,20,21). The van der Waals surface area contributed by atoms with Crippen LogP contribution in [0.3, 0.4) is 0 Å². The normalized spacial score (nSPS) is 10.8. The molecule has 0 atom stereocenters. The van der Waals surface area contributed by atoms with Crippen molar-refractivity contribution in [3.63, 3.8) is 0 Å². The predicted octanol–water partition coefficient (Wildman–Crippen LogP) is 3.87. The Morgan fingerprint density at radius 3 is 2.62 bits per heavy atom. The zero-order valence-electron chi connectivity index (χ0n) is 12.4. The van der Waals surface area contributed by atoms with Crippen molar-refractivity contribution in [1.82, 2.24) is 10.2 Å². The highest BCUT2D eigenvalue weighted by Crippen LogP contribution is 2.26. The first-order chi connectivity index (χ1) is 10.1. The summed E-state index contributed by atoms with van der Waals surface area (Å²) in [5.41, 5.74) is 13.2. The van der Waals surface area contributed by atoms with Gasteiger partial charge in [-0.1, -0.05) is 48.0 Å². The quantitative estimate of drug-likeness (QED) is 0.763. The maximum absolute atomic E-state index is 5.86. The van der Waals surface area contributed by atoms with E-state index in [0.717, 1.165) is 17.5 Å². The number of nitrogens with zero attached hydrogens (tertiary/aromatic N) is 1. The van der Waals surface area contributed by atoms with Crippen LogP contribution in [0.15, 0.2) is 48.7 Å². The van der Waals surface area contributed by atoms with E-state index in [4.69, 9.17) is 5.73 Å². The second-order valence-electron chi connectivity index (χ2n) is 5.49. The molecular weight excluding hydrogens is 258 g/mol. The van der Waals surface area contributed by atoms with E-state index in [1.807, 2.05) is 6.20 Å². The minimum absolute atomic E-state index is 0.542. The molecule has 21 heavy (non-hydrogen) atoms. The van der Waals surface area contributed by atoms with Crippen molar-refractivity contribution >= 4 is 5.82 Å². The highest BCUT2D eigenvalue weighted by atomic mass is 15.1. The number of aryl methyl sites for hydroxylation is 2. The third-order valence-electron chi connectivity index (χ3n) is 3.80. The molecule has 3 aromatic rings. The number of nitrogen functional groups attached to an aromatic ring is 1. The van der Waals surface area contributed by atoms with Crippen LogP contribution >= 0.6 is 0 Å². The van der Waals surface area contributed by atoms with Crippen molar-refractivity contribution in [1.29, 1.82) is 0 Å². The van der Waals surface area contributed by atoms with Gasteiger partial charge < -0.3 is 5.73 Å².